The van der Waals surface area contributed by atoms with Crippen LogP contribution in [0.5, 0.6) is 0 Å². The smallest absolute Gasteiger partial charge is 0.141 e. The van der Waals surface area contributed by atoms with Gasteiger partial charge in [0.15, 0.2) is 0 Å². The molecule has 0 aliphatic heterocycles. The molecule has 0 radical (unpaired) electrons. The molecule has 1 rings (SSSR count). The highest BCUT2D eigenvalue weighted by Crippen LogP contribution is 2.42. The summed E-state index contributed by atoms with van der Waals surface area (Å²) in [5.74, 6) is 1.10. The number of carbonyl (C=O) groups excluding carboxylic acids is 2. The van der Waals surface area contributed by atoms with Crippen molar-refractivity contribution in [2.75, 3.05) is 0 Å². The third-order valence-electron chi connectivity index (χ3n) is 4.08. The Bertz CT molecular complexity index is 299. The second-order valence-electron chi connectivity index (χ2n) is 6.39. The topological polar surface area (TPSA) is 34.1 Å². The molecular weight excluding hydrogens is 212 g/mol. The fourth-order valence-electron chi connectivity index (χ4n) is 2.94. The predicted molar refractivity (Wildman–Crippen MR) is 69.8 cm³/mol. The first-order valence-corrected chi connectivity index (χ1v) is 6.88. The van der Waals surface area contributed by atoms with Crippen LogP contribution in [0, 0.1) is 23.2 Å². The average Bonchev–Trinajstić information content (AvgIpc) is 2.69. The van der Waals surface area contributed by atoms with Gasteiger partial charge in [-0.3, -0.25) is 9.59 Å². The first-order chi connectivity index (χ1) is 7.81. The third kappa shape index (κ3) is 3.17. The molecule has 0 N–H and O–H groups in total. The molecule has 17 heavy (non-hydrogen) atoms. The molecule has 1 aliphatic carbocycles. The van der Waals surface area contributed by atoms with Crippen LogP contribution in [0.2, 0.25) is 0 Å². The molecular formula is C15H26O2. The summed E-state index contributed by atoms with van der Waals surface area (Å²) < 4.78 is 0. The number of Topliss-reactive ketones (excluding diaryl/α,β-unsaturated/α-hetero) is 2. The number of hydrogen-bond acceptors (Lipinski definition) is 2. The van der Waals surface area contributed by atoms with Gasteiger partial charge in [-0.1, -0.05) is 41.0 Å². The maximum Gasteiger partial charge on any atom is 0.141 e. The molecule has 0 bridgehead atoms. The fraction of sp³-hybridized carbons (Fsp3) is 0.867. The van der Waals surface area contributed by atoms with Crippen molar-refractivity contribution in [2.24, 2.45) is 23.2 Å². The third-order valence-corrected chi connectivity index (χ3v) is 4.08. The molecule has 3 atom stereocenters. The second-order valence-corrected chi connectivity index (χ2v) is 6.39. The summed E-state index contributed by atoms with van der Waals surface area (Å²) in [5.41, 5.74) is -0.320. The summed E-state index contributed by atoms with van der Waals surface area (Å²) in [6.45, 7) is 9.94. The number of hydrogen-bond donors (Lipinski definition) is 0. The van der Waals surface area contributed by atoms with Crippen molar-refractivity contribution in [3.8, 4) is 0 Å². The van der Waals surface area contributed by atoms with E-state index in [1.807, 2.05) is 27.7 Å². The SMILES string of the molecule is CCC(=O)C1CC(CC)CC1C(=O)C(C)(C)C. The standard InChI is InChI=1S/C15H26O2/c1-6-10-8-11(13(16)7-2)12(9-10)14(17)15(3,4)5/h10-12H,6-9H2,1-5H3. The van der Waals surface area contributed by atoms with Crippen molar-refractivity contribution in [3.63, 3.8) is 0 Å². The Morgan fingerprint density at radius 2 is 1.59 bits per heavy atom. The van der Waals surface area contributed by atoms with Gasteiger partial charge >= 0.3 is 0 Å². The zero-order valence-electron chi connectivity index (χ0n) is 11.9. The van der Waals surface area contributed by atoms with E-state index < -0.39 is 0 Å². The minimum absolute atomic E-state index is 0.00308. The Morgan fingerprint density at radius 3 is 2.00 bits per heavy atom. The van der Waals surface area contributed by atoms with E-state index >= 15 is 0 Å². The highest BCUT2D eigenvalue weighted by molar-refractivity contribution is 5.92. The molecule has 2 heteroatoms. The molecule has 0 heterocycles. The lowest BCUT2D eigenvalue weighted by molar-refractivity contribution is -0.136. The van der Waals surface area contributed by atoms with Crippen molar-refractivity contribution in [1.82, 2.24) is 0 Å². The Hall–Kier alpha value is -0.660. The molecule has 1 saturated carbocycles. The van der Waals surface area contributed by atoms with Crippen molar-refractivity contribution in [1.29, 1.82) is 0 Å². The van der Waals surface area contributed by atoms with Gasteiger partial charge in [0.1, 0.15) is 11.6 Å². The molecule has 2 nitrogen and oxygen atoms in total. The number of carbonyl (C=O) groups is 2. The quantitative estimate of drug-likeness (QED) is 0.749. The van der Waals surface area contributed by atoms with Gasteiger partial charge in [0.05, 0.1) is 0 Å². The van der Waals surface area contributed by atoms with Crippen molar-refractivity contribution < 1.29 is 9.59 Å². The lowest BCUT2D eigenvalue weighted by atomic mass is 9.77. The zero-order chi connectivity index (χ0) is 13.2. The Kier molecular flexibility index (Phi) is 4.51. The van der Waals surface area contributed by atoms with E-state index in [9.17, 15) is 9.59 Å². The number of rotatable bonds is 4. The van der Waals surface area contributed by atoms with E-state index in [4.69, 9.17) is 0 Å². The highest BCUT2D eigenvalue weighted by Gasteiger charge is 2.43. The predicted octanol–water partition coefficient (Wildman–Crippen LogP) is 3.63. The van der Waals surface area contributed by atoms with E-state index in [0.717, 1.165) is 19.3 Å². The highest BCUT2D eigenvalue weighted by atomic mass is 16.1. The van der Waals surface area contributed by atoms with Crippen LogP contribution in [0.4, 0.5) is 0 Å². The molecule has 3 unspecified atom stereocenters. The van der Waals surface area contributed by atoms with Gasteiger partial charge in [-0.05, 0) is 18.8 Å². The summed E-state index contributed by atoms with van der Waals surface area (Å²) in [6.07, 6.45) is 3.50. The first kappa shape index (κ1) is 14.4. The summed E-state index contributed by atoms with van der Waals surface area (Å²) in [5, 5.41) is 0. The van der Waals surface area contributed by atoms with Gasteiger partial charge in [-0.15, -0.1) is 0 Å². The lowest BCUT2D eigenvalue weighted by Crippen LogP contribution is -2.33. The van der Waals surface area contributed by atoms with Crippen molar-refractivity contribution in [2.45, 2.75) is 60.3 Å². The van der Waals surface area contributed by atoms with Crippen LogP contribution >= 0.6 is 0 Å². The Morgan fingerprint density at radius 1 is 1.06 bits per heavy atom. The Labute approximate surface area is 105 Å². The van der Waals surface area contributed by atoms with E-state index in [0.29, 0.717) is 12.3 Å². The van der Waals surface area contributed by atoms with Crippen LogP contribution in [-0.4, -0.2) is 11.6 Å². The molecule has 0 aromatic rings. The van der Waals surface area contributed by atoms with E-state index in [2.05, 4.69) is 6.92 Å². The summed E-state index contributed by atoms with van der Waals surface area (Å²) >= 11 is 0. The van der Waals surface area contributed by atoms with Crippen LogP contribution in [-0.2, 0) is 9.59 Å². The molecule has 0 aromatic heterocycles. The van der Waals surface area contributed by atoms with Crippen LogP contribution in [0.1, 0.15) is 60.3 Å². The molecule has 0 aromatic carbocycles. The zero-order valence-corrected chi connectivity index (χ0v) is 11.9. The van der Waals surface area contributed by atoms with Crippen LogP contribution < -0.4 is 0 Å². The minimum atomic E-state index is -0.320. The van der Waals surface area contributed by atoms with Crippen molar-refractivity contribution >= 4 is 11.6 Å². The van der Waals surface area contributed by atoms with Crippen LogP contribution in [0.3, 0.4) is 0 Å². The van der Waals surface area contributed by atoms with Gasteiger partial charge < -0.3 is 0 Å². The van der Waals surface area contributed by atoms with Gasteiger partial charge in [-0.2, -0.15) is 0 Å². The summed E-state index contributed by atoms with van der Waals surface area (Å²) in [7, 11) is 0. The van der Waals surface area contributed by atoms with E-state index in [1.54, 1.807) is 0 Å². The average molecular weight is 238 g/mol. The van der Waals surface area contributed by atoms with Crippen LogP contribution in [0.25, 0.3) is 0 Å². The molecule has 1 fully saturated rings. The van der Waals surface area contributed by atoms with Gasteiger partial charge in [0.25, 0.3) is 0 Å². The maximum absolute atomic E-state index is 12.4. The maximum atomic E-state index is 12.4. The largest absolute Gasteiger partial charge is 0.299 e. The lowest BCUT2D eigenvalue weighted by Gasteiger charge is -2.25. The monoisotopic (exact) mass is 238 g/mol. The minimum Gasteiger partial charge on any atom is -0.299 e. The normalized spacial score (nSPS) is 29.4. The Balaban J connectivity index is 2.87. The van der Waals surface area contributed by atoms with Gasteiger partial charge in [0.2, 0.25) is 0 Å². The van der Waals surface area contributed by atoms with Crippen molar-refractivity contribution in [3.05, 3.63) is 0 Å². The van der Waals surface area contributed by atoms with Gasteiger partial charge in [-0.25, -0.2) is 0 Å². The summed E-state index contributed by atoms with van der Waals surface area (Å²) in [6, 6.07) is 0. The molecule has 0 saturated heterocycles. The molecule has 0 amide bonds. The second kappa shape index (κ2) is 5.32. The van der Waals surface area contributed by atoms with Crippen LogP contribution in [0.15, 0.2) is 0 Å². The summed E-state index contributed by atoms with van der Waals surface area (Å²) in [4.78, 5) is 24.4. The van der Waals surface area contributed by atoms with E-state index in [-0.39, 0.29) is 28.8 Å². The molecule has 0 spiro atoms. The molecule has 1 aliphatic rings. The molecule has 98 valence electrons. The first-order valence-electron chi connectivity index (χ1n) is 6.88. The van der Waals surface area contributed by atoms with E-state index in [1.165, 1.54) is 0 Å². The fourth-order valence-corrected chi connectivity index (χ4v) is 2.94. The van der Waals surface area contributed by atoms with Gasteiger partial charge in [0, 0.05) is 23.7 Å². The number of ketones is 2.